The van der Waals surface area contributed by atoms with E-state index in [1.54, 1.807) is 24.3 Å². The Morgan fingerprint density at radius 3 is 2.74 bits per heavy atom. The standard InChI is InChI=1S/C15H19ClN2O4S/c1-2-23(21,22)10-14(19)17-12-7-5-9-18(15(12)20)13-8-4-3-6-11(13)16/h3-4,6,8,12H,2,5,7,9-10H2,1H3,(H,17,19). The number of carbonyl (C=O) groups excluding carboxylic acids is 2. The van der Waals surface area contributed by atoms with Gasteiger partial charge < -0.3 is 10.2 Å². The summed E-state index contributed by atoms with van der Waals surface area (Å²) in [6, 6.07) is 6.27. The number of sulfone groups is 1. The van der Waals surface area contributed by atoms with Gasteiger partial charge in [0.25, 0.3) is 0 Å². The number of piperidine rings is 1. The number of nitrogens with one attached hydrogen (secondary N) is 1. The Balaban J connectivity index is 2.09. The molecule has 0 saturated carbocycles. The summed E-state index contributed by atoms with van der Waals surface area (Å²) in [5, 5.41) is 2.99. The van der Waals surface area contributed by atoms with Crippen molar-refractivity contribution in [3.8, 4) is 0 Å². The molecular weight excluding hydrogens is 340 g/mol. The summed E-state index contributed by atoms with van der Waals surface area (Å²) in [5.41, 5.74) is 0.597. The van der Waals surface area contributed by atoms with Crippen molar-refractivity contribution >= 4 is 38.9 Å². The molecule has 1 aromatic carbocycles. The molecule has 1 unspecified atom stereocenters. The first-order chi connectivity index (χ1) is 10.8. The number of nitrogens with zero attached hydrogens (tertiary/aromatic N) is 1. The fourth-order valence-electron chi connectivity index (χ4n) is 2.46. The third-order valence-electron chi connectivity index (χ3n) is 3.71. The van der Waals surface area contributed by atoms with Crippen LogP contribution in [-0.4, -0.2) is 44.3 Å². The minimum atomic E-state index is -3.42. The van der Waals surface area contributed by atoms with E-state index in [-0.39, 0.29) is 11.7 Å². The van der Waals surface area contributed by atoms with E-state index < -0.39 is 27.5 Å². The lowest BCUT2D eigenvalue weighted by Gasteiger charge is -2.33. The zero-order valence-electron chi connectivity index (χ0n) is 12.8. The third kappa shape index (κ3) is 4.45. The number of hydrogen-bond donors (Lipinski definition) is 1. The molecule has 0 aliphatic carbocycles. The van der Waals surface area contributed by atoms with Gasteiger partial charge in [0.2, 0.25) is 11.8 Å². The van der Waals surface area contributed by atoms with Crippen molar-refractivity contribution in [2.24, 2.45) is 0 Å². The monoisotopic (exact) mass is 358 g/mol. The van der Waals surface area contributed by atoms with Crippen LogP contribution in [0, 0.1) is 0 Å². The molecule has 23 heavy (non-hydrogen) atoms. The number of para-hydroxylation sites is 1. The molecular formula is C15H19ClN2O4S. The average molecular weight is 359 g/mol. The maximum Gasteiger partial charge on any atom is 0.249 e. The normalized spacial score (nSPS) is 18.8. The van der Waals surface area contributed by atoms with Crippen molar-refractivity contribution in [1.29, 1.82) is 0 Å². The number of amides is 2. The van der Waals surface area contributed by atoms with Crippen molar-refractivity contribution in [3.63, 3.8) is 0 Å². The predicted octanol–water partition coefficient (Wildman–Crippen LogP) is 1.39. The second-order valence-electron chi connectivity index (χ2n) is 5.38. The summed E-state index contributed by atoms with van der Waals surface area (Å²) in [7, 11) is -3.42. The van der Waals surface area contributed by atoms with Crippen LogP contribution >= 0.6 is 11.6 Å². The van der Waals surface area contributed by atoms with Gasteiger partial charge in [0.05, 0.1) is 10.7 Å². The molecule has 126 valence electrons. The van der Waals surface area contributed by atoms with Gasteiger partial charge in [0.1, 0.15) is 11.8 Å². The van der Waals surface area contributed by atoms with E-state index in [0.717, 1.165) is 0 Å². The van der Waals surface area contributed by atoms with Gasteiger partial charge in [-0.25, -0.2) is 8.42 Å². The number of benzene rings is 1. The Bertz CT molecular complexity index is 705. The highest BCUT2D eigenvalue weighted by Crippen LogP contribution is 2.28. The summed E-state index contributed by atoms with van der Waals surface area (Å²) in [4.78, 5) is 25.9. The Morgan fingerprint density at radius 1 is 1.39 bits per heavy atom. The summed E-state index contributed by atoms with van der Waals surface area (Å²) in [6.07, 6.45) is 1.18. The predicted molar refractivity (Wildman–Crippen MR) is 89.3 cm³/mol. The molecule has 0 radical (unpaired) electrons. The number of carbonyl (C=O) groups is 2. The van der Waals surface area contributed by atoms with E-state index in [1.807, 2.05) is 0 Å². The van der Waals surface area contributed by atoms with E-state index in [0.29, 0.717) is 30.1 Å². The summed E-state index contributed by atoms with van der Waals surface area (Å²) < 4.78 is 23.0. The summed E-state index contributed by atoms with van der Waals surface area (Å²) >= 11 is 6.12. The highest BCUT2D eigenvalue weighted by Gasteiger charge is 2.32. The minimum Gasteiger partial charge on any atom is -0.343 e. The highest BCUT2D eigenvalue weighted by molar-refractivity contribution is 7.92. The molecule has 1 aliphatic rings. The van der Waals surface area contributed by atoms with Crippen LogP contribution < -0.4 is 10.2 Å². The maximum absolute atomic E-state index is 12.6. The molecule has 0 bridgehead atoms. The van der Waals surface area contributed by atoms with Gasteiger partial charge in [-0.3, -0.25) is 9.59 Å². The molecule has 6 nitrogen and oxygen atoms in total. The van der Waals surface area contributed by atoms with Crippen molar-refractivity contribution in [2.45, 2.75) is 25.8 Å². The second-order valence-corrected chi connectivity index (χ2v) is 8.14. The lowest BCUT2D eigenvalue weighted by Crippen LogP contribution is -2.53. The largest absolute Gasteiger partial charge is 0.343 e. The first kappa shape index (κ1) is 17.7. The molecule has 1 atom stereocenters. The molecule has 0 aromatic heterocycles. The maximum atomic E-state index is 12.6. The zero-order chi connectivity index (χ0) is 17.0. The van der Waals surface area contributed by atoms with Crippen LogP contribution in [0.25, 0.3) is 0 Å². The van der Waals surface area contributed by atoms with E-state index in [9.17, 15) is 18.0 Å². The van der Waals surface area contributed by atoms with Gasteiger partial charge >= 0.3 is 0 Å². The topological polar surface area (TPSA) is 83.6 Å². The fraction of sp³-hybridized carbons (Fsp3) is 0.467. The second kappa shape index (κ2) is 7.31. The van der Waals surface area contributed by atoms with E-state index >= 15 is 0 Å². The third-order valence-corrected chi connectivity index (χ3v) is 5.61. The first-order valence-electron chi connectivity index (χ1n) is 7.39. The van der Waals surface area contributed by atoms with Gasteiger partial charge in [0.15, 0.2) is 9.84 Å². The number of hydrogen-bond acceptors (Lipinski definition) is 4. The molecule has 1 fully saturated rings. The molecule has 2 amide bonds. The summed E-state index contributed by atoms with van der Waals surface area (Å²) in [6.45, 7) is 2.00. The number of rotatable bonds is 5. The van der Waals surface area contributed by atoms with Crippen LogP contribution in [-0.2, 0) is 19.4 Å². The molecule has 1 N–H and O–H groups in total. The van der Waals surface area contributed by atoms with Gasteiger partial charge in [-0.15, -0.1) is 0 Å². The molecule has 8 heteroatoms. The van der Waals surface area contributed by atoms with Crippen LogP contribution in [0.5, 0.6) is 0 Å². The van der Waals surface area contributed by atoms with Gasteiger partial charge in [-0.1, -0.05) is 30.7 Å². The average Bonchev–Trinajstić information content (AvgIpc) is 2.50. The number of anilines is 1. The minimum absolute atomic E-state index is 0.106. The van der Waals surface area contributed by atoms with Crippen LogP contribution in [0.4, 0.5) is 5.69 Å². The van der Waals surface area contributed by atoms with Gasteiger partial charge in [-0.2, -0.15) is 0 Å². The first-order valence-corrected chi connectivity index (χ1v) is 9.59. The van der Waals surface area contributed by atoms with Crippen molar-refractivity contribution in [3.05, 3.63) is 29.3 Å². The Morgan fingerprint density at radius 2 is 2.09 bits per heavy atom. The van der Waals surface area contributed by atoms with Crippen LogP contribution in [0.15, 0.2) is 24.3 Å². The van der Waals surface area contributed by atoms with Crippen molar-refractivity contribution in [2.75, 3.05) is 23.0 Å². The quantitative estimate of drug-likeness (QED) is 0.862. The fourth-order valence-corrected chi connectivity index (χ4v) is 3.38. The molecule has 0 spiro atoms. The molecule has 1 heterocycles. The lowest BCUT2D eigenvalue weighted by molar-refractivity contribution is -0.127. The Hall–Kier alpha value is -1.60. The Kier molecular flexibility index (Phi) is 5.64. The van der Waals surface area contributed by atoms with E-state index in [1.165, 1.54) is 11.8 Å². The van der Waals surface area contributed by atoms with Crippen molar-refractivity contribution in [1.82, 2.24) is 5.32 Å². The highest BCUT2D eigenvalue weighted by atomic mass is 35.5. The molecule has 1 aromatic rings. The summed E-state index contributed by atoms with van der Waals surface area (Å²) in [5.74, 6) is -1.62. The molecule has 1 saturated heterocycles. The van der Waals surface area contributed by atoms with Crippen LogP contribution in [0.2, 0.25) is 5.02 Å². The van der Waals surface area contributed by atoms with Crippen LogP contribution in [0.1, 0.15) is 19.8 Å². The number of halogens is 1. The molecule has 1 aliphatic heterocycles. The molecule has 2 rings (SSSR count). The SMILES string of the molecule is CCS(=O)(=O)CC(=O)NC1CCCN(c2ccccc2Cl)C1=O. The van der Waals surface area contributed by atoms with Crippen molar-refractivity contribution < 1.29 is 18.0 Å². The lowest BCUT2D eigenvalue weighted by atomic mass is 10.0. The zero-order valence-corrected chi connectivity index (χ0v) is 14.4. The van der Waals surface area contributed by atoms with E-state index in [2.05, 4.69) is 5.32 Å². The van der Waals surface area contributed by atoms with Crippen LogP contribution in [0.3, 0.4) is 0 Å². The van der Waals surface area contributed by atoms with Gasteiger partial charge in [0, 0.05) is 12.3 Å². The van der Waals surface area contributed by atoms with E-state index in [4.69, 9.17) is 11.6 Å². The van der Waals surface area contributed by atoms with Gasteiger partial charge in [-0.05, 0) is 25.0 Å². The Labute approximate surface area is 140 Å². The smallest absolute Gasteiger partial charge is 0.249 e.